The lowest BCUT2D eigenvalue weighted by Crippen LogP contribution is -2.39. The Morgan fingerprint density at radius 3 is 2.68 bits per heavy atom. The molecule has 0 saturated heterocycles. The van der Waals surface area contributed by atoms with Crippen LogP contribution in [0.1, 0.15) is 38.5 Å². The van der Waals surface area contributed by atoms with Crippen LogP contribution in [0.4, 0.5) is 5.82 Å². The summed E-state index contributed by atoms with van der Waals surface area (Å²) in [6.45, 7) is 0.606. The summed E-state index contributed by atoms with van der Waals surface area (Å²) in [6, 6.07) is 5.60. The van der Waals surface area contributed by atoms with Crippen LogP contribution in [-0.2, 0) is 4.79 Å². The zero-order valence-corrected chi connectivity index (χ0v) is 11.6. The summed E-state index contributed by atoms with van der Waals surface area (Å²) in [5.41, 5.74) is 5.95. The van der Waals surface area contributed by atoms with Gasteiger partial charge in [-0.2, -0.15) is 0 Å². The van der Waals surface area contributed by atoms with Crippen molar-refractivity contribution in [3.8, 4) is 0 Å². The van der Waals surface area contributed by atoms with E-state index < -0.39 is 0 Å². The molecule has 4 nitrogen and oxygen atoms in total. The first-order valence-electron chi connectivity index (χ1n) is 7.05. The predicted molar refractivity (Wildman–Crippen MR) is 76.8 cm³/mol. The molecule has 0 aliphatic heterocycles. The predicted octanol–water partition coefficient (Wildman–Crippen LogP) is 2.34. The van der Waals surface area contributed by atoms with Gasteiger partial charge < -0.3 is 5.73 Å². The Morgan fingerprint density at radius 1 is 1.37 bits per heavy atom. The van der Waals surface area contributed by atoms with E-state index in [1.54, 1.807) is 18.1 Å². The monoisotopic (exact) mass is 261 g/mol. The van der Waals surface area contributed by atoms with E-state index in [0.29, 0.717) is 18.8 Å². The number of nitrogens with zero attached hydrogens (tertiary/aromatic N) is 2. The minimum Gasteiger partial charge on any atom is -0.330 e. The molecule has 19 heavy (non-hydrogen) atoms. The fraction of sp³-hybridized carbons (Fsp3) is 0.600. The average molecular weight is 261 g/mol. The molecule has 0 bridgehead atoms. The maximum atomic E-state index is 12.4. The minimum atomic E-state index is 0.0123. The molecule has 0 spiro atoms. The second kappa shape index (κ2) is 6.15. The van der Waals surface area contributed by atoms with E-state index in [2.05, 4.69) is 4.98 Å². The van der Waals surface area contributed by atoms with Crippen LogP contribution in [0.5, 0.6) is 0 Å². The Balaban J connectivity index is 2.03. The van der Waals surface area contributed by atoms with Gasteiger partial charge in [-0.1, -0.05) is 25.3 Å². The van der Waals surface area contributed by atoms with Gasteiger partial charge in [-0.15, -0.1) is 0 Å². The van der Waals surface area contributed by atoms with E-state index in [1.165, 1.54) is 19.3 Å². The van der Waals surface area contributed by atoms with E-state index in [-0.39, 0.29) is 11.3 Å². The molecule has 1 saturated carbocycles. The molecule has 0 radical (unpaired) electrons. The highest BCUT2D eigenvalue weighted by molar-refractivity contribution is 5.92. The van der Waals surface area contributed by atoms with Gasteiger partial charge in [0.05, 0.1) is 0 Å². The number of nitrogens with two attached hydrogens (primary N) is 1. The summed E-state index contributed by atoms with van der Waals surface area (Å²) in [7, 11) is 1.79. The van der Waals surface area contributed by atoms with Crippen LogP contribution in [0.15, 0.2) is 24.4 Å². The third-order valence-electron chi connectivity index (χ3n) is 4.24. The van der Waals surface area contributed by atoms with E-state index in [9.17, 15) is 4.79 Å². The van der Waals surface area contributed by atoms with Gasteiger partial charge in [0.15, 0.2) is 0 Å². The van der Waals surface area contributed by atoms with Gasteiger partial charge in [0, 0.05) is 19.7 Å². The van der Waals surface area contributed by atoms with E-state index in [4.69, 9.17) is 5.73 Å². The van der Waals surface area contributed by atoms with Crippen LogP contribution in [-0.4, -0.2) is 24.5 Å². The first-order chi connectivity index (χ1) is 9.17. The molecule has 0 unspecified atom stereocenters. The van der Waals surface area contributed by atoms with Crippen molar-refractivity contribution in [1.82, 2.24) is 4.98 Å². The Hall–Kier alpha value is -1.42. The molecule has 1 aliphatic carbocycles. The number of carbonyl (C=O) groups excluding carboxylic acids is 1. The summed E-state index contributed by atoms with van der Waals surface area (Å²) in [4.78, 5) is 18.3. The number of carbonyl (C=O) groups is 1. The fourth-order valence-corrected chi connectivity index (χ4v) is 2.87. The molecule has 4 heteroatoms. The average Bonchev–Trinajstić information content (AvgIpc) is 2.48. The normalized spacial score (nSPS) is 18.0. The second-order valence-corrected chi connectivity index (χ2v) is 5.58. The van der Waals surface area contributed by atoms with E-state index >= 15 is 0 Å². The highest BCUT2D eigenvalue weighted by Gasteiger charge is 2.34. The molecular formula is C15H23N3O. The minimum absolute atomic E-state index is 0.0123. The lowest BCUT2D eigenvalue weighted by Gasteiger charge is -2.36. The van der Waals surface area contributed by atoms with Gasteiger partial charge >= 0.3 is 0 Å². The van der Waals surface area contributed by atoms with E-state index in [0.717, 1.165) is 12.8 Å². The molecule has 1 aromatic rings. The van der Waals surface area contributed by atoms with Gasteiger partial charge in [-0.3, -0.25) is 9.69 Å². The van der Waals surface area contributed by atoms with Crippen molar-refractivity contribution in [1.29, 1.82) is 0 Å². The molecule has 1 heterocycles. The van der Waals surface area contributed by atoms with Gasteiger partial charge in [0.2, 0.25) is 5.91 Å². The number of amides is 1. The van der Waals surface area contributed by atoms with Gasteiger partial charge in [0.1, 0.15) is 5.82 Å². The molecular weight excluding hydrogens is 238 g/mol. The molecule has 2 N–H and O–H groups in total. The van der Waals surface area contributed by atoms with Crippen molar-refractivity contribution < 1.29 is 4.79 Å². The maximum Gasteiger partial charge on any atom is 0.228 e. The first kappa shape index (κ1) is 14.0. The summed E-state index contributed by atoms with van der Waals surface area (Å²) in [5, 5.41) is 0. The third-order valence-corrected chi connectivity index (χ3v) is 4.24. The molecule has 104 valence electrons. The number of hydrogen-bond acceptors (Lipinski definition) is 3. The Kier molecular flexibility index (Phi) is 4.53. The smallest absolute Gasteiger partial charge is 0.228 e. The molecule has 0 aromatic carbocycles. The summed E-state index contributed by atoms with van der Waals surface area (Å²) >= 11 is 0. The third kappa shape index (κ3) is 3.32. The van der Waals surface area contributed by atoms with Crippen molar-refractivity contribution in [2.45, 2.75) is 38.5 Å². The van der Waals surface area contributed by atoms with Crippen LogP contribution in [0.25, 0.3) is 0 Å². The van der Waals surface area contributed by atoms with Crippen molar-refractivity contribution in [2.75, 3.05) is 18.5 Å². The van der Waals surface area contributed by atoms with Crippen molar-refractivity contribution >= 4 is 11.7 Å². The fourth-order valence-electron chi connectivity index (χ4n) is 2.87. The molecule has 2 rings (SSSR count). The van der Waals surface area contributed by atoms with Gasteiger partial charge in [-0.05, 0) is 36.9 Å². The van der Waals surface area contributed by atoms with Crippen LogP contribution >= 0.6 is 0 Å². The lowest BCUT2D eigenvalue weighted by molar-refractivity contribution is -0.121. The number of rotatable bonds is 4. The van der Waals surface area contributed by atoms with Gasteiger partial charge in [-0.25, -0.2) is 4.98 Å². The zero-order chi connectivity index (χ0) is 13.7. The number of anilines is 1. The molecule has 1 aliphatic rings. The highest BCUT2D eigenvalue weighted by atomic mass is 16.2. The quantitative estimate of drug-likeness (QED) is 0.905. The summed E-state index contributed by atoms with van der Waals surface area (Å²) in [5.74, 6) is 0.821. The van der Waals surface area contributed by atoms with Gasteiger partial charge in [0.25, 0.3) is 0 Å². The lowest BCUT2D eigenvalue weighted by atomic mass is 9.71. The van der Waals surface area contributed by atoms with E-state index in [1.807, 2.05) is 18.2 Å². The molecule has 0 atom stereocenters. The Bertz CT molecular complexity index is 413. The molecule has 1 amide bonds. The number of pyridine rings is 1. The Morgan fingerprint density at radius 2 is 2.11 bits per heavy atom. The molecule has 1 fully saturated rings. The standard InChI is InChI=1S/C15H23N3O/c1-18(13-7-3-6-10-17-13)14(19)11-15(12-16)8-4-2-5-9-15/h3,6-7,10H,2,4-5,8-9,11-12,16H2,1H3. The van der Waals surface area contributed by atoms with Crippen LogP contribution in [0.2, 0.25) is 0 Å². The van der Waals surface area contributed by atoms with Crippen LogP contribution in [0, 0.1) is 5.41 Å². The Labute approximate surface area is 115 Å². The molecule has 1 aromatic heterocycles. The zero-order valence-electron chi connectivity index (χ0n) is 11.6. The second-order valence-electron chi connectivity index (χ2n) is 5.58. The maximum absolute atomic E-state index is 12.4. The van der Waals surface area contributed by atoms with Crippen LogP contribution < -0.4 is 10.6 Å². The first-order valence-corrected chi connectivity index (χ1v) is 7.05. The number of aromatic nitrogens is 1. The summed E-state index contributed by atoms with van der Waals surface area (Å²) in [6.07, 6.45) is 8.05. The van der Waals surface area contributed by atoms with Crippen molar-refractivity contribution in [2.24, 2.45) is 11.1 Å². The topological polar surface area (TPSA) is 59.2 Å². The highest BCUT2D eigenvalue weighted by Crippen LogP contribution is 2.38. The summed E-state index contributed by atoms with van der Waals surface area (Å²) < 4.78 is 0. The number of hydrogen-bond donors (Lipinski definition) is 1. The van der Waals surface area contributed by atoms with Crippen molar-refractivity contribution in [3.63, 3.8) is 0 Å². The van der Waals surface area contributed by atoms with Crippen LogP contribution in [0.3, 0.4) is 0 Å². The largest absolute Gasteiger partial charge is 0.330 e. The van der Waals surface area contributed by atoms with Crippen molar-refractivity contribution in [3.05, 3.63) is 24.4 Å². The SMILES string of the molecule is CN(C(=O)CC1(CN)CCCCC1)c1ccccn1.